The van der Waals surface area contributed by atoms with Gasteiger partial charge in [-0.3, -0.25) is 0 Å². The summed E-state index contributed by atoms with van der Waals surface area (Å²) in [6, 6.07) is 0. The van der Waals surface area contributed by atoms with Crippen LogP contribution in [0.1, 0.15) is 0 Å². The van der Waals surface area contributed by atoms with Crippen LogP contribution in [0.25, 0.3) is 0 Å². The Labute approximate surface area is 116 Å². The van der Waals surface area contributed by atoms with Crippen LogP contribution < -0.4 is 0 Å². The molecule has 0 saturated carbocycles. The molecular formula is CdGeInOPbZn. The van der Waals surface area contributed by atoms with Gasteiger partial charge in [0.25, 0.3) is 0 Å². The Hall–Kier alpha value is 3.68. The number of hydrogen-bond acceptors (Lipinski definition) is 1. The van der Waals surface area contributed by atoms with Crippen molar-refractivity contribution in [3.05, 3.63) is 0 Å². The first-order valence-corrected chi connectivity index (χ1v) is 1.79. The summed E-state index contributed by atoms with van der Waals surface area (Å²) in [5.41, 5.74) is 0. The van der Waals surface area contributed by atoms with Crippen molar-refractivity contribution in [3.8, 4) is 0 Å². The van der Waals surface area contributed by atoms with E-state index in [1.807, 2.05) is 0 Å². The van der Waals surface area contributed by atoms with Gasteiger partial charge < -0.3 is 0 Å². The zero-order valence-corrected chi connectivity index (χ0v) is 19.7. The fourth-order valence-electron chi connectivity index (χ4n) is 0. The average molecular weight is 588 g/mol. The van der Waals surface area contributed by atoms with Gasteiger partial charge >= 0.3 is 28.5 Å². The topological polar surface area (TPSA) is 17.1 Å². The van der Waals surface area contributed by atoms with Crippen molar-refractivity contribution in [2.75, 3.05) is 0 Å². The molecule has 0 atom stereocenters. The van der Waals surface area contributed by atoms with Crippen LogP contribution in [0.5, 0.6) is 0 Å². The van der Waals surface area contributed by atoms with E-state index < -0.39 is 0 Å². The van der Waals surface area contributed by atoms with Crippen LogP contribution >= 0.6 is 0 Å². The van der Waals surface area contributed by atoms with Crippen LogP contribution in [0, 0.1) is 0 Å². The number of hydrogen-bond donors (Lipinski definition) is 0. The Morgan fingerprint density at radius 1 is 1.17 bits per heavy atom. The second kappa shape index (κ2) is 37.8. The van der Waals surface area contributed by atoms with Gasteiger partial charge in [0.1, 0.15) is 0 Å². The molecule has 0 bridgehead atoms. The molecule has 6 heteroatoms. The molecule has 0 aliphatic carbocycles. The van der Waals surface area contributed by atoms with Gasteiger partial charge in [0.2, 0.25) is 0 Å². The van der Waals surface area contributed by atoms with Gasteiger partial charge in [0.05, 0.1) is 0 Å². The first-order chi connectivity index (χ1) is 1.00. The van der Waals surface area contributed by atoms with Crippen LogP contribution in [0.4, 0.5) is 0 Å². The van der Waals surface area contributed by atoms with Gasteiger partial charge in [-0.2, -0.15) is 0 Å². The zero-order chi connectivity index (χ0) is 2.00. The normalized spacial score (nSPS) is 0.667. The minimum absolute atomic E-state index is 0. The summed E-state index contributed by atoms with van der Waals surface area (Å²) in [6.07, 6.45) is 0. The van der Waals surface area contributed by atoms with E-state index in [0.29, 0.717) is 0 Å². The summed E-state index contributed by atoms with van der Waals surface area (Å²) in [4.78, 5) is 0. The quantitative estimate of drug-likeness (QED) is 0.323. The number of rotatable bonds is 0. The predicted octanol–water partition coefficient (Wildman–Crippen LogP) is -1.27. The Kier molecular flexibility index (Phi) is 210. The van der Waals surface area contributed by atoms with Crippen molar-refractivity contribution in [1.29, 1.82) is 0 Å². The zero-order valence-electron chi connectivity index (χ0n) is 3.40. The largest absolute Gasteiger partial charge is 0 e. The van der Waals surface area contributed by atoms with Crippen molar-refractivity contribution >= 4 is 69.2 Å². The molecule has 9 radical (unpaired) electrons. The summed E-state index contributed by atoms with van der Waals surface area (Å²) in [6.45, 7) is 0. The van der Waals surface area contributed by atoms with E-state index >= 15 is 0 Å². The van der Waals surface area contributed by atoms with Gasteiger partial charge in [-0.15, -0.1) is 0 Å². The third kappa shape index (κ3) is 25.3. The Bertz CT molecular complexity index is 15.5. The van der Waals surface area contributed by atoms with Crippen molar-refractivity contribution < 1.29 is 49.5 Å². The molecule has 0 unspecified atom stereocenters. The second-order valence-electron chi connectivity index (χ2n) is 0. The van der Waals surface area contributed by atoms with Crippen LogP contribution in [0.2, 0.25) is 0 Å². The molecular weight excluding hydrogens is 588 g/mol. The van der Waals surface area contributed by atoms with Gasteiger partial charge in [0.15, 0.2) is 0 Å². The first-order valence-electron chi connectivity index (χ1n) is 0.204. The maximum Gasteiger partial charge on any atom is 0 e. The van der Waals surface area contributed by atoms with Crippen LogP contribution in [-0.4, -0.2) is 69.2 Å². The van der Waals surface area contributed by atoms with E-state index in [1.165, 1.54) is 0 Å². The first kappa shape index (κ1) is 33.3. The van der Waals surface area contributed by atoms with E-state index in [4.69, 9.17) is 2.69 Å². The van der Waals surface area contributed by atoms with Crippen LogP contribution in [0.15, 0.2) is 0 Å². The summed E-state index contributed by atoms with van der Waals surface area (Å²) in [5, 5.41) is 0. The third-order valence-electron chi connectivity index (χ3n) is 0. The third-order valence-corrected chi connectivity index (χ3v) is 0. The predicted molar refractivity (Wildman–Crippen MR) is 17.9 cm³/mol. The van der Waals surface area contributed by atoms with Gasteiger partial charge in [-0.1, -0.05) is 0 Å². The Morgan fingerprint density at radius 3 is 1.17 bits per heavy atom. The molecule has 0 aromatic heterocycles. The molecule has 0 aromatic rings. The molecule has 0 aliphatic rings. The smallest absolute Gasteiger partial charge is 0 e. The summed E-state index contributed by atoms with van der Waals surface area (Å²) < 4.78 is 8.39. The summed E-state index contributed by atoms with van der Waals surface area (Å²) in [5.74, 6) is 0. The standard InChI is InChI=1S/Cd.Ge.In.O.Pb.Zn. The molecule has 0 rings (SSSR count). The molecule has 0 N–H and O–H groups in total. The van der Waals surface area contributed by atoms with E-state index in [9.17, 15) is 0 Å². The molecule has 6 heavy (non-hydrogen) atoms. The maximum absolute atomic E-state index is 8.39. The molecule has 0 amide bonds. The minimum Gasteiger partial charge on any atom is 0 e. The SMILES string of the molecule is [Cd].[Ge].[In].[O]=[Pb].[Zn]. The molecule has 0 saturated heterocycles. The monoisotopic (exact) mass is 591 g/mol. The molecule has 0 spiro atoms. The Balaban J connectivity index is -0.000000000833. The van der Waals surface area contributed by atoms with Gasteiger partial charge in [0, 0.05) is 90.2 Å². The van der Waals surface area contributed by atoms with Crippen molar-refractivity contribution in [1.82, 2.24) is 0 Å². The molecule has 0 heterocycles. The Morgan fingerprint density at radius 2 is 1.17 bits per heavy atom. The maximum atomic E-state index is 8.39. The van der Waals surface area contributed by atoms with E-state index in [-0.39, 0.29) is 116 Å². The second-order valence-corrected chi connectivity index (χ2v) is 0. The fraction of sp³-hybridized carbons (Fsp3) is 0. The van der Waals surface area contributed by atoms with E-state index in [2.05, 4.69) is 0 Å². The minimum atomic E-state index is 0. The van der Waals surface area contributed by atoms with Gasteiger partial charge in [-0.25, -0.2) is 0 Å². The van der Waals surface area contributed by atoms with Crippen LogP contribution in [0.3, 0.4) is 0 Å². The molecule has 1 nitrogen and oxygen atoms in total. The van der Waals surface area contributed by atoms with E-state index in [0.717, 1.165) is 0 Å². The molecule has 0 fully saturated rings. The van der Waals surface area contributed by atoms with E-state index in [1.54, 1.807) is 0 Å². The summed E-state index contributed by atoms with van der Waals surface area (Å²) in [7, 11) is 0. The molecule has 0 aromatic carbocycles. The average Bonchev–Trinajstić information content (AvgIpc) is 1.00. The van der Waals surface area contributed by atoms with Crippen molar-refractivity contribution in [2.45, 2.75) is 0 Å². The molecule has 21 valence electrons. The van der Waals surface area contributed by atoms with Crippen molar-refractivity contribution in [2.24, 2.45) is 0 Å². The van der Waals surface area contributed by atoms with Crippen molar-refractivity contribution in [3.63, 3.8) is 0 Å². The fourth-order valence-corrected chi connectivity index (χ4v) is 0. The summed E-state index contributed by atoms with van der Waals surface area (Å²) >= 11 is 0.0556. The molecule has 0 aliphatic heterocycles. The van der Waals surface area contributed by atoms with Crippen LogP contribution in [-0.2, 0) is 49.5 Å². The van der Waals surface area contributed by atoms with Gasteiger partial charge in [-0.05, 0) is 0 Å².